The lowest BCUT2D eigenvalue weighted by Crippen LogP contribution is -2.34. The summed E-state index contributed by atoms with van der Waals surface area (Å²) in [5, 5.41) is 14.0. The molecule has 26 heavy (non-hydrogen) atoms. The molecule has 0 saturated heterocycles. The Hall–Kier alpha value is -2.99. The molecule has 6 nitrogen and oxygen atoms in total. The number of aromatic nitrogens is 1. The lowest BCUT2D eigenvalue weighted by molar-refractivity contribution is -0.384. The molecule has 2 unspecified atom stereocenters. The molecule has 1 aliphatic carbocycles. The molecular weight excluding hydrogens is 354 g/mol. The molecule has 0 amide bonds. The fourth-order valence-electron chi connectivity index (χ4n) is 2.81. The summed E-state index contributed by atoms with van der Waals surface area (Å²) in [5.74, 6) is -0.511. The number of halogens is 1. The number of allylic oxidation sites excluding steroid dienone is 3. The van der Waals surface area contributed by atoms with Gasteiger partial charge in [-0.15, -0.1) is 11.6 Å². The maximum absolute atomic E-state index is 12.7. The van der Waals surface area contributed by atoms with Gasteiger partial charge in [-0.1, -0.05) is 36.4 Å². The zero-order chi connectivity index (χ0) is 18.7. The van der Waals surface area contributed by atoms with Crippen molar-refractivity contribution in [3.63, 3.8) is 0 Å². The van der Waals surface area contributed by atoms with E-state index in [1.54, 1.807) is 49.4 Å². The Balaban J connectivity index is 1.84. The van der Waals surface area contributed by atoms with Crippen LogP contribution in [0.1, 0.15) is 17.3 Å². The zero-order valence-corrected chi connectivity index (χ0v) is 14.7. The number of carbonyl (C=O) groups excluding carboxylic acids is 1. The highest BCUT2D eigenvalue weighted by Gasteiger charge is 2.37. The molecule has 0 saturated carbocycles. The normalized spacial score (nSPS) is 21.8. The third-order valence-electron chi connectivity index (χ3n) is 4.10. The summed E-state index contributed by atoms with van der Waals surface area (Å²) in [6, 6.07) is 11.8. The van der Waals surface area contributed by atoms with E-state index in [1.807, 2.05) is 6.07 Å². The molecule has 2 atom stereocenters. The number of ketones is 1. The summed E-state index contributed by atoms with van der Waals surface area (Å²) in [5.41, 5.74) is 0.987. The van der Waals surface area contributed by atoms with Gasteiger partial charge in [-0.3, -0.25) is 14.9 Å². The third kappa shape index (κ3) is 3.65. The molecule has 0 fully saturated rings. The minimum atomic E-state index is -0.979. The van der Waals surface area contributed by atoms with Crippen molar-refractivity contribution in [2.24, 2.45) is 5.92 Å². The monoisotopic (exact) mass is 369 g/mol. The van der Waals surface area contributed by atoms with Crippen molar-refractivity contribution >= 4 is 28.9 Å². The van der Waals surface area contributed by atoms with Gasteiger partial charge < -0.3 is 5.32 Å². The van der Waals surface area contributed by atoms with Crippen LogP contribution in [-0.2, 0) is 0 Å². The van der Waals surface area contributed by atoms with Crippen LogP contribution in [0.25, 0.3) is 0 Å². The number of anilines is 1. The van der Waals surface area contributed by atoms with E-state index >= 15 is 0 Å². The van der Waals surface area contributed by atoms with E-state index in [0.717, 1.165) is 0 Å². The van der Waals surface area contributed by atoms with Crippen LogP contribution in [0.3, 0.4) is 0 Å². The summed E-state index contributed by atoms with van der Waals surface area (Å²) in [4.78, 5) is 26.4. The molecule has 1 aromatic heterocycles. The second-order valence-electron chi connectivity index (χ2n) is 6.07. The average molecular weight is 370 g/mol. The molecule has 1 aromatic carbocycles. The first kappa shape index (κ1) is 17.8. The Morgan fingerprint density at radius 3 is 2.65 bits per heavy atom. The van der Waals surface area contributed by atoms with Crippen molar-refractivity contribution in [1.82, 2.24) is 4.98 Å². The number of alkyl halides is 1. The minimum Gasteiger partial charge on any atom is -0.335 e. The SMILES string of the molecule is CC1(Cl)C=C(Nc2ncccc2[N+](=O)[O-])C=CC1C(=O)c1ccccc1. The summed E-state index contributed by atoms with van der Waals surface area (Å²) in [6.07, 6.45) is 6.54. The van der Waals surface area contributed by atoms with Crippen LogP contribution >= 0.6 is 11.6 Å². The molecule has 2 aromatic rings. The fraction of sp³-hybridized carbons (Fsp3) is 0.158. The van der Waals surface area contributed by atoms with Crippen LogP contribution in [0.5, 0.6) is 0 Å². The maximum Gasteiger partial charge on any atom is 0.311 e. The number of hydrogen-bond donors (Lipinski definition) is 1. The second-order valence-corrected chi connectivity index (χ2v) is 6.89. The lowest BCUT2D eigenvalue weighted by atomic mass is 9.82. The van der Waals surface area contributed by atoms with Gasteiger partial charge in [-0.05, 0) is 25.1 Å². The highest BCUT2D eigenvalue weighted by molar-refractivity contribution is 6.28. The van der Waals surface area contributed by atoms with Crippen molar-refractivity contribution < 1.29 is 9.72 Å². The Bertz CT molecular complexity index is 907. The Morgan fingerprint density at radius 2 is 2.00 bits per heavy atom. The van der Waals surface area contributed by atoms with E-state index in [2.05, 4.69) is 10.3 Å². The first-order valence-corrected chi connectivity index (χ1v) is 8.32. The average Bonchev–Trinajstić information content (AvgIpc) is 2.61. The molecule has 0 radical (unpaired) electrons. The van der Waals surface area contributed by atoms with Crippen molar-refractivity contribution in [3.8, 4) is 0 Å². The molecular formula is C19H16ClN3O3. The summed E-state index contributed by atoms with van der Waals surface area (Å²) in [6.45, 7) is 1.73. The van der Waals surface area contributed by atoms with E-state index in [0.29, 0.717) is 11.3 Å². The number of rotatable bonds is 5. The molecule has 3 rings (SSSR count). The summed E-state index contributed by atoms with van der Waals surface area (Å²) < 4.78 is 0. The van der Waals surface area contributed by atoms with E-state index in [9.17, 15) is 14.9 Å². The van der Waals surface area contributed by atoms with Crippen LogP contribution in [0.4, 0.5) is 11.5 Å². The smallest absolute Gasteiger partial charge is 0.311 e. The van der Waals surface area contributed by atoms with Gasteiger partial charge in [0.1, 0.15) is 0 Å². The molecule has 0 bridgehead atoms. The predicted octanol–water partition coefficient (Wildman–Crippen LogP) is 4.35. The molecule has 0 spiro atoms. The van der Waals surface area contributed by atoms with Gasteiger partial charge in [0.25, 0.3) is 0 Å². The number of nitro groups is 1. The highest BCUT2D eigenvalue weighted by atomic mass is 35.5. The lowest BCUT2D eigenvalue weighted by Gasteiger charge is -2.30. The summed E-state index contributed by atoms with van der Waals surface area (Å²) >= 11 is 6.60. The van der Waals surface area contributed by atoms with Gasteiger partial charge in [-0.25, -0.2) is 4.98 Å². The van der Waals surface area contributed by atoms with Gasteiger partial charge >= 0.3 is 5.69 Å². The van der Waals surface area contributed by atoms with Crippen molar-refractivity contribution in [2.75, 3.05) is 5.32 Å². The van der Waals surface area contributed by atoms with E-state index < -0.39 is 15.7 Å². The second kappa shape index (κ2) is 7.09. The van der Waals surface area contributed by atoms with Crippen LogP contribution in [0.2, 0.25) is 0 Å². The van der Waals surface area contributed by atoms with Crippen LogP contribution in [0, 0.1) is 16.0 Å². The Kier molecular flexibility index (Phi) is 4.86. The van der Waals surface area contributed by atoms with E-state index in [1.165, 1.54) is 18.3 Å². The topological polar surface area (TPSA) is 85.1 Å². The first-order valence-electron chi connectivity index (χ1n) is 7.94. The predicted molar refractivity (Wildman–Crippen MR) is 100 cm³/mol. The van der Waals surface area contributed by atoms with Gasteiger partial charge in [0.2, 0.25) is 5.82 Å². The van der Waals surface area contributed by atoms with Gasteiger partial charge in [0.15, 0.2) is 5.78 Å². The van der Waals surface area contributed by atoms with Crippen LogP contribution in [-0.4, -0.2) is 20.6 Å². The molecule has 132 valence electrons. The standard InChI is InChI=1S/C19H16ClN3O3/c1-19(20)12-14(22-18-16(23(25)26)8-5-11-21-18)9-10-15(19)17(24)13-6-3-2-4-7-13/h2-12,15H,1H3,(H,21,22). The molecule has 1 heterocycles. The number of Topliss-reactive ketones (excluding diaryl/α,β-unsaturated/α-hetero) is 1. The fourth-order valence-corrected chi connectivity index (χ4v) is 3.10. The number of nitrogens with zero attached hydrogens (tertiary/aromatic N) is 2. The van der Waals surface area contributed by atoms with Crippen LogP contribution < -0.4 is 5.32 Å². The molecule has 1 N–H and O–H groups in total. The number of carbonyl (C=O) groups is 1. The zero-order valence-electron chi connectivity index (χ0n) is 13.9. The number of nitrogens with one attached hydrogen (secondary N) is 1. The Morgan fingerprint density at radius 1 is 1.27 bits per heavy atom. The van der Waals surface area contributed by atoms with Crippen molar-refractivity contribution in [1.29, 1.82) is 0 Å². The molecule has 7 heteroatoms. The Labute approximate surface area is 155 Å². The molecule has 0 aliphatic heterocycles. The van der Waals surface area contributed by atoms with E-state index in [4.69, 9.17) is 11.6 Å². The largest absolute Gasteiger partial charge is 0.335 e. The quantitative estimate of drug-likeness (QED) is 0.366. The van der Waals surface area contributed by atoms with Gasteiger partial charge in [-0.2, -0.15) is 0 Å². The molecule has 1 aliphatic rings. The summed E-state index contributed by atoms with van der Waals surface area (Å²) in [7, 11) is 0. The number of benzene rings is 1. The van der Waals surface area contributed by atoms with Crippen LogP contribution in [0.15, 0.2) is 72.6 Å². The van der Waals surface area contributed by atoms with Crippen molar-refractivity contribution in [2.45, 2.75) is 11.8 Å². The van der Waals surface area contributed by atoms with E-state index in [-0.39, 0.29) is 17.3 Å². The highest BCUT2D eigenvalue weighted by Crippen LogP contribution is 2.36. The van der Waals surface area contributed by atoms with Gasteiger partial charge in [0, 0.05) is 23.5 Å². The first-order chi connectivity index (χ1) is 12.4. The number of pyridine rings is 1. The van der Waals surface area contributed by atoms with Gasteiger partial charge in [0.05, 0.1) is 15.7 Å². The van der Waals surface area contributed by atoms with Crippen molar-refractivity contribution in [3.05, 3.63) is 88.3 Å². The number of hydrogen-bond acceptors (Lipinski definition) is 5. The third-order valence-corrected chi connectivity index (χ3v) is 4.44. The minimum absolute atomic E-state index is 0.0848. The maximum atomic E-state index is 12.7.